The van der Waals surface area contributed by atoms with Crippen molar-refractivity contribution in [2.24, 2.45) is 17.1 Å². The summed E-state index contributed by atoms with van der Waals surface area (Å²) in [6, 6.07) is 0.727. The summed E-state index contributed by atoms with van der Waals surface area (Å²) >= 11 is 2.08. The van der Waals surface area contributed by atoms with E-state index in [-0.39, 0.29) is 11.0 Å². The summed E-state index contributed by atoms with van der Waals surface area (Å²) < 4.78 is 5.99. The Morgan fingerprint density at radius 1 is 1.37 bits per heavy atom. The Morgan fingerprint density at radius 3 is 2.84 bits per heavy atom. The van der Waals surface area contributed by atoms with Crippen LogP contribution in [0.1, 0.15) is 33.1 Å². The van der Waals surface area contributed by atoms with Gasteiger partial charge in [0, 0.05) is 41.8 Å². The number of hydrogen-bond acceptors (Lipinski definition) is 4. The second-order valence-corrected chi connectivity index (χ2v) is 8.38. The number of hydrogen-bond donors (Lipinski definition) is 1. The number of thioether (sulfide) groups is 1. The van der Waals surface area contributed by atoms with Crippen LogP contribution in [-0.4, -0.2) is 54.3 Å². The molecule has 4 atom stereocenters. The molecule has 3 fully saturated rings. The molecular weight excluding hydrogens is 256 g/mol. The van der Waals surface area contributed by atoms with Crippen molar-refractivity contribution < 1.29 is 4.74 Å². The van der Waals surface area contributed by atoms with Crippen molar-refractivity contribution in [3.63, 3.8) is 0 Å². The summed E-state index contributed by atoms with van der Waals surface area (Å²) in [4.78, 5) is 2.52. The molecule has 110 valence electrons. The van der Waals surface area contributed by atoms with Gasteiger partial charge in [-0.15, -0.1) is 0 Å². The minimum absolute atomic E-state index is 0.0694. The fourth-order valence-electron chi connectivity index (χ4n) is 4.40. The highest BCUT2D eigenvalue weighted by molar-refractivity contribution is 7.99. The summed E-state index contributed by atoms with van der Waals surface area (Å²) in [6.45, 7) is 6.55. The zero-order chi connectivity index (χ0) is 13.7. The molecule has 0 bridgehead atoms. The highest BCUT2D eigenvalue weighted by Crippen LogP contribution is 2.57. The van der Waals surface area contributed by atoms with Gasteiger partial charge in [-0.1, -0.05) is 13.8 Å². The van der Waals surface area contributed by atoms with Crippen LogP contribution in [0.3, 0.4) is 0 Å². The van der Waals surface area contributed by atoms with E-state index in [0.29, 0.717) is 12.0 Å². The van der Waals surface area contributed by atoms with Gasteiger partial charge in [0.2, 0.25) is 0 Å². The van der Waals surface area contributed by atoms with E-state index in [1.54, 1.807) is 0 Å². The van der Waals surface area contributed by atoms with Crippen LogP contribution in [0.4, 0.5) is 0 Å². The van der Waals surface area contributed by atoms with E-state index in [0.717, 1.165) is 19.2 Å². The molecule has 0 aromatic carbocycles. The molecule has 3 aliphatic rings. The predicted octanol–water partition coefficient (Wildman–Crippen LogP) is 1.96. The van der Waals surface area contributed by atoms with E-state index in [4.69, 9.17) is 10.5 Å². The lowest BCUT2D eigenvalue weighted by atomic mass is 9.46. The smallest absolute Gasteiger partial charge is 0.0690 e. The summed E-state index contributed by atoms with van der Waals surface area (Å²) in [6.07, 6.45) is 4.14. The maximum Gasteiger partial charge on any atom is 0.0690 e. The molecule has 2 saturated heterocycles. The monoisotopic (exact) mass is 284 g/mol. The van der Waals surface area contributed by atoms with Gasteiger partial charge in [0.05, 0.1) is 6.10 Å². The average molecular weight is 284 g/mol. The van der Waals surface area contributed by atoms with Gasteiger partial charge in [-0.25, -0.2) is 0 Å². The standard InChI is InChI=1S/C15H28N2OS/c1-14(2)13-12(5-4-7-18-13)15(14,16)10-17(3)11-6-8-19-9-11/h11-13H,4-10,16H2,1-3H3. The van der Waals surface area contributed by atoms with Crippen molar-refractivity contribution in [2.45, 2.75) is 50.8 Å². The molecule has 0 aromatic heterocycles. The zero-order valence-corrected chi connectivity index (χ0v) is 13.3. The van der Waals surface area contributed by atoms with Gasteiger partial charge in [0.1, 0.15) is 0 Å². The summed E-state index contributed by atoms with van der Waals surface area (Å²) in [7, 11) is 2.26. The lowest BCUT2D eigenvalue weighted by Crippen LogP contribution is -2.80. The number of fused-ring (bicyclic) bond motifs is 1. The third-order valence-corrected chi connectivity index (χ3v) is 7.08. The van der Waals surface area contributed by atoms with E-state index >= 15 is 0 Å². The van der Waals surface area contributed by atoms with Crippen molar-refractivity contribution in [2.75, 3.05) is 31.7 Å². The molecule has 0 spiro atoms. The average Bonchev–Trinajstić information content (AvgIpc) is 2.92. The molecule has 19 heavy (non-hydrogen) atoms. The molecule has 0 aromatic rings. The highest BCUT2D eigenvalue weighted by Gasteiger charge is 2.66. The molecule has 1 saturated carbocycles. The summed E-state index contributed by atoms with van der Waals surface area (Å²) in [5, 5.41) is 0. The second-order valence-electron chi connectivity index (χ2n) is 7.23. The van der Waals surface area contributed by atoms with Gasteiger partial charge >= 0.3 is 0 Å². The molecule has 2 N–H and O–H groups in total. The van der Waals surface area contributed by atoms with E-state index < -0.39 is 0 Å². The van der Waals surface area contributed by atoms with E-state index in [1.807, 2.05) is 0 Å². The molecule has 2 heterocycles. The quantitative estimate of drug-likeness (QED) is 0.860. The Morgan fingerprint density at radius 2 is 2.16 bits per heavy atom. The van der Waals surface area contributed by atoms with Gasteiger partial charge in [-0.05, 0) is 32.1 Å². The molecule has 4 unspecified atom stereocenters. The van der Waals surface area contributed by atoms with Crippen LogP contribution in [0, 0.1) is 11.3 Å². The minimum Gasteiger partial charge on any atom is -0.377 e. The Labute approximate surface area is 121 Å². The van der Waals surface area contributed by atoms with Gasteiger partial charge in [0.25, 0.3) is 0 Å². The first-order chi connectivity index (χ1) is 8.97. The minimum atomic E-state index is -0.0694. The first kappa shape index (κ1) is 14.2. The molecular formula is C15H28N2OS. The van der Waals surface area contributed by atoms with Crippen LogP contribution in [0.25, 0.3) is 0 Å². The van der Waals surface area contributed by atoms with Crippen molar-refractivity contribution in [1.29, 1.82) is 0 Å². The molecule has 1 aliphatic carbocycles. The highest BCUT2D eigenvalue weighted by atomic mass is 32.2. The predicted molar refractivity (Wildman–Crippen MR) is 81.5 cm³/mol. The van der Waals surface area contributed by atoms with Crippen LogP contribution in [-0.2, 0) is 4.74 Å². The van der Waals surface area contributed by atoms with Crippen LogP contribution < -0.4 is 5.73 Å². The van der Waals surface area contributed by atoms with Crippen LogP contribution in [0.15, 0.2) is 0 Å². The fraction of sp³-hybridized carbons (Fsp3) is 1.00. The van der Waals surface area contributed by atoms with Crippen molar-refractivity contribution in [3.8, 4) is 0 Å². The van der Waals surface area contributed by atoms with Crippen molar-refractivity contribution in [3.05, 3.63) is 0 Å². The number of nitrogens with zero attached hydrogens (tertiary/aromatic N) is 1. The Bertz CT molecular complexity index is 343. The van der Waals surface area contributed by atoms with Crippen LogP contribution >= 0.6 is 11.8 Å². The van der Waals surface area contributed by atoms with Crippen molar-refractivity contribution >= 4 is 11.8 Å². The molecule has 2 aliphatic heterocycles. The normalized spacial score (nSPS) is 45.0. The zero-order valence-electron chi connectivity index (χ0n) is 12.5. The van der Waals surface area contributed by atoms with Gasteiger partial charge in [-0.3, -0.25) is 0 Å². The maximum atomic E-state index is 6.88. The van der Waals surface area contributed by atoms with E-state index in [2.05, 4.69) is 37.6 Å². The largest absolute Gasteiger partial charge is 0.377 e. The first-order valence-electron chi connectivity index (χ1n) is 7.65. The number of rotatable bonds is 3. The van der Waals surface area contributed by atoms with E-state index in [9.17, 15) is 0 Å². The molecule has 0 amide bonds. The van der Waals surface area contributed by atoms with Crippen molar-refractivity contribution in [1.82, 2.24) is 4.90 Å². The number of likely N-dealkylation sites (N-methyl/N-ethyl adjacent to an activating group) is 1. The Balaban J connectivity index is 1.70. The topological polar surface area (TPSA) is 38.5 Å². The second kappa shape index (κ2) is 4.90. The lowest BCUT2D eigenvalue weighted by molar-refractivity contribution is -0.232. The SMILES string of the molecule is CN(CC1(N)C2CCCOC2C1(C)C)C1CCSC1. The summed E-state index contributed by atoms with van der Waals surface area (Å²) in [5.41, 5.74) is 6.92. The lowest BCUT2D eigenvalue weighted by Gasteiger charge is -2.67. The van der Waals surface area contributed by atoms with Crippen LogP contribution in [0.5, 0.6) is 0 Å². The van der Waals surface area contributed by atoms with Gasteiger partial charge in [-0.2, -0.15) is 11.8 Å². The first-order valence-corrected chi connectivity index (χ1v) is 8.81. The van der Waals surface area contributed by atoms with E-state index in [1.165, 1.54) is 30.8 Å². The summed E-state index contributed by atoms with van der Waals surface area (Å²) in [5.74, 6) is 3.15. The van der Waals surface area contributed by atoms with Gasteiger partial charge < -0.3 is 15.4 Å². The maximum absolute atomic E-state index is 6.88. The molecule has 0 radical (unpaired) electrons. The Hall–Kier alpha value is 0.230. The molecule has 4 heteroatoms. The molecule has 3 nitrogen and oxygen atoms in total. The number of nitrogens with two attached hydrogens (primary N) is 1. The third kappa shape index (κ3) is 2.06. The van der Waals surface area contributed by atoms with Gasteiger partial charge in [0.15, 0.2) is 0 Å². The molecule has 3 rings (SSSR count). The third-order valence-electron chi connectivity index (χ3n) is 5.93. The number of ether oxygens (including phenoxy) is 1. The Kier molecular flexibility index (Phi) is 3.66. The fourth-order valence-corrected chi connectivity index (χ4v) is 5.70. The van der Waals surface area contributed by atoms with Crippen LogP contribution in [0.2, 0.25) is 0 Å².